The van der Waals surface area contributed by atoms with Crippen molar-refractivity contribution in [3.8, 4) is 0 Å². The van der Waals surface area contributed by atoms with Crippen LogP contribution in [0.15, 0.2) is 0 Å². The second kappa shape index (κ2) is 27.9. The molecule has 1 radical (unpaired) electrons. The van der Waals surface area contributed by atoms with Crippen molar-refractivity contribution in [1.82, 2.24) is 0 Å². The monoisotopic (exact) mass is 171 g/mol. The van der Waals surface area contributed by atoms with Gasteiger partial charge >= 0.3 is 17.1 Å². The Morgan fingerprint density at radius 2 is 1.00 bits per heavy atom. The molecular weight excluding hydrogens is 171 g/mol. The van der Waals surface area contributed by atoms with E-state index in [9.17, 15) is 0 Å². The largest absolute Gasteiger partial charge is 2.00 e. The third kappa shape index (κ3) is 10.4. The van der Waals surface area contributed by atoms with Crippen molar-refractivity contribution >= 4 is 0 Å². The fraction of sp³-hybridized carbons (Fsp3) is 0. The summed E-state index contributed by atoms with van der Waals surface area (Å²) in [5, 5.41) is 0. The van der Waals surface area contributed by atoms with E-state index in [1.807, 2.05) is 0 Å². The van der Waals surface area contributed by atoms with E-state index in [1.165, 1.54) is 0 Å². The summed E-state index contributed by atoms with van der Waals surface area (Å²) in [7, 11) is 0. The van der Waals surface area contributed by atoms with Gasteiger partial charge in [-0.3, -0.25) is 0 Å². The Balaban J connectivity index is 0. The Hall–Kier alpha value is 1.29. The Morgan fingerprint density at radius 1 is 1.00 bits per heavy atom. The number of hydrogen-bond acceptors (Lipinski definition) is 1. The van der Waals surface area contributed by atoms with E-state index in [2.05, 4.69) is 0 Å². The van der Waals surface area contributed by atoms with Crippen LogP contribution in [0.5, 0.6) is 0 Å². The summed E-state index contributed by atoms with van der Waals surface area (Å²) in [4.78, 5) is 0. The van der Waals surface area contributed by atoms with Crippen LogP contribution in [-0.2, 0) is 34.1 Å². The van der Waals surface area contributed by atoms with Crippen LogP contribution in [0, 0.1) is 0 Å². The Bertz CT molecular complexity index is 8.00. The van der Waals surface area contributed by atoms with Gasteiger partial charge in [0.1, 0.15) is 0 Å². The van der Waals surface area contributed by atoms with Crippen LogP contribution < -0.4 is 12.4 Å². The molecule has 0 aliphatic heterocycles. The van der Waals surface area contributed by atoms with Crippen molar-refractivity contribution in [2.24, 2.45) is 0 Å². The van der Waals surface area contributed by atoms with Gasteiger partial charge in [-0.1, -0.05) is 0 Å². The van der Waals surface area contributed by atoms with Crippen molar-refractivity contribution in [3.63, 3.8) is 0 Å². The van der Waals surface area contributed by atoms with Crippen molar-refractivity contribution in [2.45, 2.75) is 0 Å². The van der Waals surface area contributed by atoms with Crippen LogP contribution in [0.1, 0.15) is 0 Å². The third-order valence-corrected chi connectivity index (χ3v) is 0. The van der Waals surface area contributed by atoms with Gasteiger partial charge in [-0.15, -0.1) is 0 Å². The molecule has 0 fully saturated rings. The van der Waals surface area contributed by atoms with E-state index < -0.39 is 0 Å². The molecule has 0 bridgehead atoms. The molecule has 4 heavy (non-hydrogen) atoms. The number of halogens is 1. The third-order valence-electron chi connectivity index (χ3n) is 0. The molecule has 0 aromatic carbocycles. The zero-order valence-corrected chi connectivity index (χ0v) is 4.28. The summed E-state index contributed by atoms with van der Waals surface area (Å²) >= 11 is 0. The van der Waals surface area contributed by atoms with E-state index in [-0.39, 0.29) is 52.0 Å². The van der Waals surface area contributed by atoms with Crippen molar-refractivity contribution in [2.75, 3.05) is 0 Å². The minimum Gasteiger partial charge on any atom is -1.00 e. The molecule has 0 saturated heterocycles. The van der Waals surface area contributed by atoms with E-state index >= 15 is 0 Å². The van der Waals surface area contributed by atoms with Gasteiger partial charge in [0, 0.05) is 17.1 Å². The van der Waals surface area contributed by atoms with E-state index in [0.29, 0.717) is 0 Å². The zero-order chi connectivity index (χ0) is 0. The molecular formula is HClCuFeO. The first-order valence-corrected chi connectivity index (χ1v) is 0. The number of rotatable bonds is 0. The van der Waals surface area contributed by atoms with Crippen LogP contribution >= 0.6 is 0 Å². The van der Waals surface area contributed by atoms with Crippen molar-refractivity contribution in [3.05, 3.63) is 0 Å². The standard InChI is InChI=1S/ClH.Cu.Fe.H2O/h1H;;;1H2/q;+2;;/p-2. The Kier molecular flexibility index (Phi) is 409. The SMILES string of the molecule is [Cl-].[Cu+2].[Fe].[OH-]. The second-order valence-corrected chi connectivity index (χ2v) is 0. The predicted molar refractivity (Wildman–Crippen MR) is 1.94 cm³/mol. The molecule has 1 N–H and O–H groups in total. The topological polar surface area (TPSA) is 30.0 Å². The summed E-state index contributed by atoms with van der Waals surface area (Å²) in [6.45, 7) is 0. The second-order valence-electron chi connectivity index (χ2n) is 0. The molecule has 33 valence electrons. The Labute approximate surface area is 52.2 Å². The van der Waals surface area contributed by atoms with Gasteiger partial charge in [0.25, 0.3) is 0 Å². The van der Waals surface area contributed by atoms with Crippen molar-refractivity contribution < 1.29 is 52.0 Å². The molecule has 0 aromatic heterocycles. The molecule has 0 amide bonds. The molecule has 0 unspecified atom stereocenters. The molecule has 0 saturated carbocycles. The van der Waals surface area contributed by atoms with E-state index in [1.54, 1.807) is 0 Å². The first-order chi connectivity index (χ1) is 0. The summed E-state index contributed by atoms with van der Waals surface area (Å²) in [6.07, 6.45) is 0. The van der Waals surface area contributed by atoms with Crippen LogP contribution in [0.25, 0.3) is 0 Å². The molecule has 0 spiro atoms. The molecule has 0 atom stereocenters. The minimum absolute atomic E-state index is 0. The first kappa shape index (κ1) is 58.6. The molecule has 0 aliphatic rings. The van der Waals surface area contributed by atoms with Crippen LogP contribution in [0.2, 0.25) is 0 Å². The molecule has 1 nitrogen and oxygen atoms in total. The quantitative estimate of drug-likeness (QED) is 0.354. The maximum atomic E-state index is 0. The van der Waals surface area contributed by atoms with Crippen molar-refractivity contribution in [1.29, 1.82) is 0 Å². The molecule has 0 aromatic rings. The predicted octanol–water partition coefficient (Wildman–Crippen LogP) is -3.18. The average molecular weight is 172 g/mol. The van der Waals surface area contributed by atoms with Crippen LogP contribution in [0.4, 0.5) is 0 Å². The fourth-order valence-electron chi connectivity index (χ4n) is 0. The fourth-order valence-corrected chi connectivity index (χ4v) is 0. The van der Waals surface area contributed by atoms with E-state index in [0.717, 1.165) is 0 Å². The van der Waals surface area contributed by atoms with Gasteiger partial charge in [0.15, 0.2) is 0 Å². The van der Waals surface area contributed by atoms with Crippen LogP contribution in [-0.4, -0.2) is 5.48 Å². The normalized spacial score (nSPS) is 0. The minimum atomic E-state index is 0. The molecule has 0 heterocycles. The summed E-state index contributed by atoms with van der Waals surface area (Å²) < 4.78 is 0. The first-order valence-electron chi connectivity index (χ1n) is 0. The smallest absolute Gasteiger partial charge is 1.00 e. The van der Waals surface area contributed by atoms with Gasteiger partial charge < -0.3 is 17.9 Å². The van der Waals surface area contributed by atoms with Gasteiger partial charge in [0.05, 0.1) is 0 Å². The van der Waals surface area contributed by atoms with Gasteiger partial charge in [-0.25, -0.2) is 0 Å². The van der Waals surface area contributed by atoms with Gasteiger partial charge in [0.2, 0.25) is 0 Å². The Morgan fingerprint density at radius 3 is 1.00 bits per heavy atom. The average Bonchev–Trinajstić information content (AvgIpc) is 0. The van der Waals surface area contributed by atoms with E-state index in [4.69, 9.17) is 0 Å². The number of hydrogen-bond donors (Lipinski definition) is 0. The van der Waals surface area contributed by atoms with Crippen LogP contribution in [0.3, 0.4) is 0 Å². The van der Waals surface area contributed by atoms with Gasteiger partial charge in [-0.05, 0) is 0 Å². The molecule has 0 aliphatic carbocycles. The summed E-state index contributed by atoms with van der Waals surface area (Å²) in [5.41, 5.74) is 0. The summed E-state index contributed by atoms with van der Waals surface area (Å²) in [6, 6.07) is 0. The molecule has 4 heteroatoms. The summed E-state index contributed by atoms with van der Waals surface area (Å²) in [5.74, 6) is 0. The zero-order valence-electron chi connectivity index (χ0n) is 1.48. The maximum Gasteiger partial charge on any atom is 2.00 e. The molecule has 0 rings (SSSR count). The maximum absolute atomic E-state index is 0. The van der Waals surface area contributed by atoms with Gasteiger partial charge in [-0.2, -0.15) is 0 Å².